The summed E-state index contributed by atoms with van der Waals surface area (Å²) >= 11 is 0.868. The first-order valence-corrected chi connectivity index (χ1v) is 4.63. The number of carboxylic acid groups (broad SMARTS) is 1. The molecule has 1 aromatic carbocycles. The molecule has 0 aromatic heterocycles. The van der Waals surface area contributed by atoms with Crippen molar-refractivity contribution in [3.63, 3.8) is 0 Å². The number of rotatable bonds is 2. The molecule has 3 N–H and O–H groups in total. The van der Waals surface area contributed by atoms with Crippen LogP contribution in [0.15, 0.2) is 23.1 Å². The van der Waals surface area contributed by atoms with Crippen LogP contribution < -0.4 is 5.73 Å². The average Bonchev–Trinajstić information content (AvgIpc) is 2.01. The first kappa shape index (κ1) is 10.6. The molecular weight excluding hydrogens is 202 g/mol. The number of carbonyl (C=O) groups excluding carboxylic acids is 1. The second-order valence-electron chi connectivity index (χ2n) is 2.65. The van der Waals surface area contributed by atoms with Crippen LogP contribution in [0.3, 0.4) is 0 Å². The fourth-order valence-corrected chi connectivity index (χ4v) is 1.72. The minimum Gasteiger partial charge on any atom is -0.478 e. The fourth-order valence-electron chi connectivity index (χ4n) is 0.955. The Hall–Kier alpha value is -1.49. The van der Waals surface area contributed by atoms with Gasteiger partial charge in [0.15, 0.2) is 5.12 Å². The van der Waals surface area contributed by atoms with Crippen molar-refractivity contribution in [2.24, 2.45) is 0 Å². The number of anilines is 1. The summed E-state index contributed by atoms with van der Waals surface area (Å²) in [6.07, 6.45) is 0. The predicted molar refractivity (Wildman–Crippen MR) is 54.4 cm³/mol. The molecule has 74 valence electrons. The average molecular weight is 211 g/mol. The lowest BCUT2D eigenvalue weighted by Crippen LogP contribution is -2.00. The van der Waals surface area contributed by atoms with Crippen molar-refractivity contribution in [1.29, 1.82) is 0 Å². The van der Waals surface area contributed by atoms with Crippen molar-refractivity contribution in [3.8, 4) is 0 Å². The molecular formula is C9H9NO3S. The van der Waals surface area contributed by atoms with Gasteiger partial charge in [-0.3, -0.25) is 4.79 Å². The van der Waals surface area contributed by atoms with Crippen molar-refractivity contribution >= 4 is 28.5 Å². The van der Waals surface area contributed by atoms with Crippen molar-refractivity contribution in [2.75, 3.05) is 5.73 Å². The number of carbonyl (C=O) groups is 2. The van der Waals surface area contributed by atoms with E-state index in [-0.39, 0.29) is 10.7 Å². The van der Waals surface area contributed by atoms with Gasteiger partial charge in [-0.25, -0.2) is 4.79 Å². The number of hydrogen-bond acceptors (Lipinski definition) is 4. The van der Waals surface area contributed by atoms with Gasteiger partial charge in [-0.05, 0) is 18.2 Å². The van der Waals surface area contributed by atoms with Crippen molar-refractivity contribution in [2.45, 2.75) is 11.8 Å². The third-order valence-electron chi connectivity index (χ3n) is 1.49. The number of nitrogens with two attached hydrogens (primary N) is 1. The van der Waals surface area contributed by atoms with Crippen molar-refractivity contribution in [1.82, 2.24) is 0 Å². The maximum atomic E-state index is 10.8. The zero-order valence-corrected chi connectivity index (χ0v) is 8.30. The largest absolute Gasteiger partial charge is 0.478 e. The molecule has 0 aliphatic carbocycles. The van der Waals surface area contributed by atoms with Crippen LogP contribution in [0, 0.1) is 0 Å². The van der Waals surface area contributed by atoms with Crippen LogP contribution >= 0.6 is 11.8 Å². The number of aromatic carboxylic acids is 1. The lowest BCUT2D eigenvalue weighted by atomic mass is 10.2. The van der Waals surface area contributed by atoms with Gasteiger partial charge in [-0.15, -0.1) is 0 Å². The molecule has 0 bridgehead atoms. The maximum Gasteiger partial charge on any atom is 0.336 e. The van der Waals surface area contributed by atoms with Crippen LogP contribution in [0.1, 0.15) is 17.3 Å². The van der Waals surface area contributed by atoms with E-state index in [1.165, 1.54) is 25.1 Å². The fraction of sp³-hybridized carbons (Fsp3) is 0.111. The van der Waals surface area contributed by atoms with Crippen LogP contribution in [0.5, 0.6) is 0 Å². The zero-order valence-electron chi connectivity index (χ0n) is 7.48. The summed E-state index contributed by atoms with van der Waals surface area (Å²) in [6, 6.07) is 4.37. The van der Waals surface area contributed by atoms with Crippen LogP contribution in [-0.2, 0) is 4.79 Å². The van der Waals surface area contributed by atoms with E-state index in [2.05, 4.69) is 0 Å². The molecule has 0 heterocycles. The third kappa shape index (κ3) is 2.50. The Balaban J connectivity index is 3.15. The van der Waals surface area contributed by atoms with Crippen LogP contribution in [0.4, 0.5) is 5.69 Å². The summed E-state index contributed by atoms with van der Waals surface area (Å²) in [7, 11) is 0. The van der Waals surface area contributed by atoms with Crippen LogP contribution in [0.25, 0.3) is 0 Å². The van der Waals surface area contributed by atoms with Crippen LogP contribution in [0.2, 0.25) is 0 Å². The molecule has 5 heteroatoms. The Morgan fingerprint density at radius 2 is 2.07 bits per heavy atom. The molecule has 0 radical (unpaired) electrons. The first-order valence-electron chi connectivity index (χ1n) is 3.82. The molecule has 0 unspecified atom stereocenters. The summed E-state index contributed by atoms with van der Waals surface area (Å²) < 4.78 is 0. The number of benzene rings is 1. The highest BCUT2D eigenvalue weighted by atomic mass is 32.2. The normalized spacial score (nSPS) is 9.79. The van der Waals surface area contributed by atoms with Gasteiger partial charge in [0.05, 0.1) is 5.56 Å². The lowest BCUT2D eigenvalue weighted by Gasteiger charge is -2.03. The van der Waals surface area contributed by atoms with E-state index in [4.69, 9.17) is 10.8 Å². The van der Waals surface area contributed by atoms with Gasteiger partial charge in [0.2, 0.25) is 0 Å². The minimum atomic E-state index is -1.06. The third-order valence-corrected chi connectivity index (χ3v) is 2.33. The van der Waals surface area contributed by atoms with E-state index in [0.29, 0.717) is 10.6 Å². The molecule has 0 spiro atoms. The van der Waals surface area contributed by atoms with Gasteiger partial charge in [-0.1, -0.05) is 11.8 Å². The Bertz CT molecular complexity index is 390. The molecule has 14 heavy (non-hydrogen) atoms. The number of hydrogen-bond donors (Lipinski definition) is 2. The topological polar surface area (TPSA) is 80.4 Å². The number of nitrogen functional groups attached to an aromatic ring is 1. The molecule has 1 rings (SSSR count). The first-order chi connectivity index (χ1) is 6.50. The molecule has 1 aromatic rings. The summed E-state index contributed by atoms with van der Waals surface area (Å²) in [5.41, 5.74) is 6.03. The van der Waals surface area contributed by atoms with Gasteiger partial charge in [0.25, 0.3) is 0 Å². The van der Waals surface area contributed by atoms with Gasteiger partial charge >= 0.3 is 5.97 Å². The summed E-state index contributed by atoms with van der Waals surface area (Å²) in [4.78, 5) is 22.0. The van der Waals surface area contributed by atoms with E-state index in [1.807, 2.05) is 0 Å². The van der Waals surface area contributed by atoms with E-state index in [9.17, 15) is 9.59 Å². The molecule has 0 fully saturated rings. The van der Waals surface area contributed by atoms with Crippen molar-refractivity contribution < 1.29 is 14.7 Å². The summed E-state index contributed by atoms with van der Waals surface area (Å²) in [6.45, 7) is 1.37. The number of thioether (sulfide) groups is 1. The Morgan fingerprint density at radius 1 is 1.43 bits per heavy atom. The molecule has 0 saturated heterocycles. The lowest BCUT2D eigenvalue weighted by molar-refractivity contribution is -0.109. The molecule has 4 nitrogen and oxygen atoms in total. The predicted octanol–water partition coefficient (Wildman–Crippen LogP) is 1.61. The molecule has 0 saturated carbocycles. The van der Waals surface area contributed by atoms with E-state index >= 15 is 0 Å². The van der Waals surface area contributed by atoms with Gasteiger partial charge in [-0.2, -0.15) is 0 Å². The Labute approximate surface area is 85.1 Å². The molecule has 0 atom stereocenters. The maximum absolute atomic E-state index is 10.8. The zero-order chi connectivity index (χ0) is 10.7. The monoisotopic (exact) mass is 211 g/mol. The summed E-state index contributed by atoms with van der Waals surface area (Å²) in [5, 5.41) is 8.64. The van der Waals surface area contributed by atoms with Gasteiger partial charge < -0.3 is 10.8 Å². The second kappa shape index (κ2) is 4.15. The van der Waals surface area contributed by atoms with Crippen molar-refractivity contribution in [3.05, 3.63) is 23.8 Å². The molecule has 0 aliphatic rings. The SMILES string of the molecule is CC(=O)Sc1cc(N)ccc1C(=O)O. The summed E-state index contributed by atoms with van der Waals surface area (Å²) in [5.74, 6) is -1.06. The number of carboxylic acids is 1. The molecule has 0 amide bonds. The van der Waals surface area contributed by atoms with Gasteiger partial charge in [0, 0.05) is 17.5 Å². The van der Waals surface area contributed by atoms with Crippen LogP contribution in [-0.4, -0.2) is 16.2 Å². The van der Waals surface area contributed by atoms with E-state index < -0.39 is 5.97 Å². The minimum absolute atomic E-state index is 0.0967. The van der Waals surface area contributed by atoms with E-state index in [1.54, 1.807) is 0 Å². The highest BCUT2D eigenvalue weighted by Gasteiger charge is 2.12. The Kier molecular flexibility index (Phi) is 3.14. The quantitative estimate of drug-likeness (QED) is 0.573. The van der Waals surface area contributed by atoms with E-state index in [0.717, 1.165) is 11.8 Å². The Morgan fingerprint density at radius 3 is 2.57 bits per heavy atom. The highest BCUT2D eigenvalue weighted by molar-refractivity contribution is 8.13. The smallest absolute Gasteiger partial charge is 0.336 e. The highest BCUT2D eigenvalue weighted by Crippen LogP contribution is 2.25. The molecule has 0 aliphatic heterocycles. The second-order valence-corrected chi connectivity index (χ2v) is 3.87. The standard InChI is InChI=1S/C9H9NO3S/c1-5(11)14-8-4-6(10)2-3-7(8)9(12)13/h2-4H,10H2,1H3,(H,12,13). The van der Waals surface area contributed by atoms with Gasteiger partial charge in [0.1, 0.15) is 0 Å².